The molecule has 0 atom stereocenters. The lowest BCUT2D eigenvalue weighted by Gasteiger charge is -2.29. The van der Waals surface area contributed by atoms with Crippen molar-refractivity contribution in [1.82, 2.24) is 4.90 Å². The number of hydrogen-bond acceptors (Lipinski definition) is 5. The molecule has 1 aromatic rings. The molecule has 0 spiro atoms. The van der Waals surface area contributed by atoms with Gasteiger partial charge in [0.15, 0.2) is 0 Å². The molecule has 0 bridgehead atoms. The van der Waals surface area contributed by atoms with Crippen LogP contribution in [0.1, 0.15) is 33.6 Å². The van der Waals surface area contributed by atoms with Crippen LogP contribution < -0.4 is 10.6 Å². The van der Waals surface area contributed by atoms with E-state index in [-0.39, 0.29) is 11.7 Å². The van der Waals surface area contributed by atoms with Crippen molar-refractivity contribution in [3.8, 4) is 0 Å². The molecule has 6 nitrogen and oxygen atoms in total. The van der Waals surface area contributed by atoms with Crippen molar-refractivity contribution in [2.75, 3.05) is 50.0 Å². The van der Waals surface area contributed by atoms with E-state index < -0.39 is 0 Å². The fourth-order valence-electron chi connectivity index (χ4n) is 2.81. The van der Waals surface area contributed by atoms with Crippen molar-refractivity contribution in [3.05, 3.63) is 24.3 Å². The predicted octanol–water partition coefficient (Wildman–Crippen LogP) is 3.12. The molecule has 0 aliphatic carbocycles. The number of nitrogens with zero attached hydrogens (tertiary/aromatic N) is 2. The lowest BCUT2D eigenvalue weighted by Crippen LogP contribution is -2.36. The average Bonchev–Trinajstić information content (AvgIpc) is 3.10. The van der Waals surface area contributed by atoms with Gasteiger partial charge in [-0.3, -0.25) is 0 Å². The third-order valence-electron chi connectivity index (χ3n) is 4.05. The highest BCUT2D eigenvalue weighted by Crippen LogP contribution is 2.22. The molecule has 2 aliphatic rings. The highest BCUT2D eigenvalue weighted by Gasteiger charge is 2.23. The van der Waals surface area contributed by atoms with Gasteiger partial charge in [0.2, 0.25) is 0 Å². The summed E-state index contributed by atoms with van der Waals surface area (Å²) >= 11 is 0. The van der Waals surface area contributed by atoms with Crippen LogP contribution in [0.5, 0.6) is 0 Å². The Morgan fingerprint density at radius 1 is 1.08 bits per heavy atom. The number of hydrogen-bond donors (Lipinski definition) is 1. The molecule has 0 aromatic heterocycles. The van der Waals surface area contributed by atoms with Gasteiger partial charge in [0.1, 0.15) is 5.60 Å². The lowest BCUT2D eigenvalue weighted by atomic mass is 10.2. The number of carbonyl (C=O) groups excluding carboxylic acids is 1. The largest absolute Gasteiger partial charge is 0.444 e. The van der Waals surface area contributed by atoms with Crippen molar-refractivity contribution in [1.29, 1.82) is 0 Å². The van der Waals surface area contributed by atoms with E-state index in [1.807, 2.05) is 39.0 Å². The molecule has 0 saturated carbocycles. The fraction of sp³-hybridized carbons (Fsp3) is 0.632. The smallest absolute Gasteiger partial charge is 0.410 e. The van der Waals surface area contributed by atoms with E-state index in [1.165, 1.54) is 0 Å². The number of nitrogens with two attached hydrogens (primary N) is 1. The van der Waals surface area contributed by atoms with E-state index in [2.05, 4.69) is 11.0 Å². The van der Waals surface area contributed by atoms with Crippen LogP contribution in [-0.2, 0) is 9.47 Å². The van der Waals surface area contributed by atoms with E-state index in [9.17, 15) is 4.79 Å². The third kappa shape index (κ3) is 6.46. The van der Waals surface area contributed by atoms with Crippen molar-refractivity contribution < 1.29 is 14.3 Å². The van der Waals surface area contributed by atoms with Crippen LogP contribution in [0.3, 0.4) is 0 Å². The molecule has 2 heterocycles. The highest BCUT2D eigenvalue weighted by molar-refractivity contribution is 5.68. The molecule has 140 valence electrons. The second-order valence-corrected chi connectivity index (χ2v) is 7.33. The first-order chi connectivity index (χ1) is 11.9. The van der Waals surface area contributed by atoms with Crippen LogP contribution in [0.25, 0.3) is 0 Å². The van der Waals surface area contributed by atoms with Gasteiger partial charge in [-0.1, -0.05) is 12.1 Å². The molecule has 2 fully saturated rings. The Bertz CT molecular complexity index is 545. The number of carbonyl (C=O) groups is 1. The van der Waals surface area contributed by atoms with Crippen LogP contribution >= 0.6 is 0 Å². The number of benzene rings is 1. The summed E-state index contributed by atoms with van der Waals surface area (Å²) in [5.41, 5.74) is 7.49. The lowest BCUT2D eigenvalue weighted by molar-refractivity contribution is 0.0295. The second-order valence-electron chi connectivity index (χ2n) is 7.33. The second kappa shape index (κ2) is 8.94. The third-order valence-corrected chi connectivity index (χ3v) is 4.05. The molecule has 2 saturated heterocycles. The Morgan fingerprint density at radius 2 is 1.68 bits per heavy atom. The molecule has 2 aliphatic heterocycles. The predicted molar refractivity (Wildman–Crippen MR) is 101 cm³/mol. The molecule has 0 unspecified atom stereocenters. The maximum Gasteiger partial charge on any atom is 0.410 e. The van der Waals surface area contributed by atoms with Gasteiger partial charge < -0.3 is 25.0 Å². The standard InChI is InChI=1S/C10H14N2O.C9H17NO2/c11-9-3-1-2-4-10(9)12-5-7-13-8-6-12;1-9(2,3)12-8(11)10-6-4-5-7-10/h1-4H,5-8,11H2;4-7H2,1-3H3. The van der Waals surface area contributed by atoms with Gasteiger partial charge in [-0.15, -0.1) is 0 Å². The van der Waals surface area contributed by atoms with E-state index >= 15 is 0 Å². The Morgan fingerprint density at radius 3 is 2.24 bits per heavy atom. The van der Waals surface area contributed by atoms with Crippen LogP contribution in [0.2, 0.25) is 0 Å². The molecule has 1 aromatic carbocycles. The molecule has 3 rings (SSSR count). The number of nitrogen functional groups attached to an aromatic ring is 1. The zero-order chi connectivity index (χ0) is 18.3. The Labute approximate surface area is 150 Å². The summed E-state index contributed by atoms with van der Waals surface area (Å²) < 4.78 is 10.5. The molecule has 6 heteroatoms. The number of rotatable bonds is 1. The summed E-state index contributed by atoms with van der Waals surface area (Å²) in [4.78, 5) is 15.4. The van der Waals surface area contributed by atoms with Gasteiger partial charge in [-0.05, 0) is 45.7 Å². The average molecular weight is 349 g/mol. The summed E-state index contributed by atoms with van der Waals surface area (Å²) in [5.74, 6) is 0. The monoisotopic (exact) mass is 349 g/mol. The Hall–Kier alpha value is -1.95. The van der Waals surface area contributed by atoms with Gasteiger partial charge in [0.05, 0.1) is 24.6 Å². The molecular weight excluding hydrogens is 318 g/mol. The molecule has 25 heavy (non-hydrogen) atoms. The minimum Gasteiger partial charge on any atom is -0.444 e. The molecular formula is C19H31N3O3. The fourth-order valence-corrected chi connectivity index (χ4v) is 2.81. The van der Waals surface area contributed by atoms with Gasteiger partial charge in [0.25, 0.3) is 0 Å². The van der Waals surface area contributed by atoms with Crippen molar-refractivity contribution in [2.45, 2.75) is 39.2 Å². The molecule has 1 amide bonds. The van der Waals surface area contributed by atoms with Gasteiger partial charge in [0, 0.05) is 26.2 Å². The first kappa shape index (κ1) is 19.4. The quantitative estimate of drug-likeness (QED) is 0.789. The van der Waals surface area contributed by atoms with E-state index in [1.54, 1.807) is 4.90 Å². The summed E-state index contributed by atoms with van der Waals surface area (Å²) in [6.45, 7) is 10.9. The maximum atomic E-state index is 11.4. The zero-order valence-corrected chi connectivity index (χ0v) is 15.7. The van der Waals surface area contributed by atoms with Crippen LogP contribution in [-0.4, -0.2) is 56.0 Å². The first-order valence-electron chi connectivity index (χ1n) is 9.02. The number of anilines is 2. The Kier molecular flexibility index (Phi) is 6.93. The summed E-state index contributed by atoms with van der Waals surface area (Å²) in [5, 5.41) is 0. The highest BCUT2D eigenvalue weighted by atomic mass is 16.6. The minimum absolute atomic E-state index is 0.167. The van der Waals surface area contributed by atoms with Gasteiger partial charge in [-0.2, -0.15) is 0 Å². The summed E-state index contributed by atoms with van der Waals surface area (Å²) in [6, 6.07) is 7.96. The number of amides is 1. The van der Waals surface area contributed by atoms with Crippen LogP contribution in [0.15, 0.2) is 24.3 Å². The van der Waals surface area contributed by atoms with E-state index in [0.717, 1.165) is 63.6 Å². The Balaban J connectivity index is 0.000000181. The number of likely N-dealkylation sites (tertiary alicyclic amines) is 1. The summed E-state index contributed by atoms with van der Waals surface area (Å²) in [6.07, 6.45) is 2.05. The zero-order valence-electron chi connectivity index (χ0n) is 15.7. The maximum absolute atomic E-state index is 11.4. The minimum atomic E-state index is -0.361. The summed E-state index contributed by atoms with van der Waals surface area (Å²) in [7, 11) is 0. The molecule has 2 N–H and O–H groups in total. The topological polar surface area (TPSA) is 68.0 Å². The van der Waals surface area contributed by atoms with Crippen LogP contribution in [0.4, 0.5) is 16.2 Å². The number of para-hydroxylation sites is 2. The van der Waals surface area contributed by atoms with Crippen molar-refractivity contribution >= 4 is 17.5 Å². The number of morpholine rings is 1. The van der Waals surface area contributed by atoms with Crippen LogP contribution in [0, 0.1) is 0 Å². The van der Waals surface area contributed by atoms with Crippen molar-refractivity contribution in [3.63, 3.8) is 0 Å². The van der Waals surface area contributed by atoms with Gasteiger partial charge in [-0.25, -0.2) is 4.79 Å². The van der Waals surface area contributed by atoms with Gasteiger partial charge >= 0.3 is 6.09 Å². The molecule has 0 radical (unpaired) electrons. The van der Waals surface area contributed by atoms with E-state index in [4.69, 9.17) is 15.2 Å². The van der Waals surface area contributed by atoms with E-state index in [0.29, 0.717) is 0 Å². The number of ether oxygens (including phenoxy) is 2. The van der Waals surface area contributed by atoms with Crippen molar-refractivity contribution in [2.24, 2.45) is 0 Å². The SMILES string of the molecule is CC(C)(C)OC(=O)N1CCCC1.Nc1ccccc1N1CCOCC1. The first-order valence-corrected chi connectivity index (χ1v) is 9.02. The normalized spacial score (nSPS) is 17.7.